The third kappa shape index (κ3) is 1.22. The zero-order chi connectivity index (χ0) is 9.42. The molecule has 0 unspecified atom stereocenters. The lowest BCUT2D eigenvalue weighted by Crippen LogP contribution is -1.85. The molecule has 1 aromatic heterocycles. The number of nitrogens with zero attached hydrogens (tertiary/aromatic N) is 1. The van der Waals surface area contributed by atoms with Gasteiger partial charge in [-0.3, -0.25) is 0 Å². The van der Waals surface area contributed by atoms with Crippen LogP contribution in [0.2, 0.25) is 0 Å². The van der Waals surface area contributed by atoms with Gasteiger partial charge in [0.2, 0.25) is 5.88 Å². The van der Waals surface area contributed by atoms with Gasteiger partial charge in [-0.25, -0.2) is 8.78 Å². The van der Waals surface area contributed by atoms with Crippen molar-refractivity contribution in [1.82, 2.24) is 5.16 Å². The third-order valence-corrected chi connectivity index (χ3v) is 1.78. The standard InChI is InChI=1S/C8H6F2N2O/c9-7(10)4-1-2-6-5(3-4)8(11)13-12-6/h1-3,7H,11H2. The lowest BCUT2D eigenvalue weighted by molar-refractivity contribution is 0.151. The second-order valence-electron chi connectivity index (χ2n) is 2.62. The first kappa shape index (κ1) is 7.97. The largest absolute Gasteiger partial charge is 0.367 e. The molecule has 2 aromatic rings. The summed E-state index contributed by atoms with van der Waals surface area (Å²) in [6.45, 7) is 0. The Morgan fingerprint density at radius 3 is 2.85 bits per heavy atom. The number of rotatable bonds is 1. The molecule has 68 valence electrons. The molecule has 0 aliphatic heterocycles. The molecule has 2 N–H and O–H groups in total. The van der Waals surface area contributed by atoms with Crippen LogP contribution in [-0.4, -0.2) is 5.16 Å². The molecule has 2 rings (SSSR count). The molecule has 1 aromatic carbocycles. The molecule has 0 aliphatic rings. The van der Waals surface area contributed by atoms with Crippen LogP contribution >= 0.6 is 0 Å². The lowest BCUT2D eigenvalue weighted by atomic mass is 10.1. The summed E-state index contributed by atoms with van der Waals surface area (Å²) in [6.07, 6.45) is -2.50. The Kier molecular flexibility index (Phi) is 1.65. The molecule has 3 nitrogen and oxygen atoms in total. The van der Waals surface area contributed by atoms with E-state index in [1.54, 1.807) is 0 Å². The first-order valence-corrected chi connectivity index (χ1v) is 3.61. The summed E-state index contributed by atoms with van der Waals surface area (Å²) < 4.78 is 29.1. The Bertz CT molecular complexity index is 439. The molecule has 1 heterocycles. The van der Waals surface area contributed by atoms with Gasteiger partial charge in [0.1, 0.15) is 5.52 Å². The minimum Gasteiger partial charge on any atom is -0.367 e. The molecule has 0 bridgehead atoms. The zero-order valence-corrected chi connectivity index (χ0v) is 6.50. The van der Waals surface area contributed by atoms with Crippen molar-refractivity contribution in [2.24, 2.45) is 0 Å². The summed E-state index contributed by atoms with van der Waals surface area (Å²) in [5.41, 5.74) is 5.78. The van der Waals surface area contributed by atoms with Crippen LogP contribution in [0, 0.1) is 0 Å². The molecule has 0 amide bonds. The molecule has 0 saturated carbocycles. The van der Waals surface area contributed by atoms with Crippen LogP contribution < -0.4 is 5.73 Å². The highest BCUT2D eigenvalue weighted by atomic mass is 19.3. The van der Waals surface area contributed by atoms with E-state index in [0.29, 0.717) is 10.9 Å². The summed E-state index contributed by atoms with van der Waals surface area (Å²) in [5, 5.41) is 4.00. The van der Waals surface area contributed by atoms with E-state index in [1.165, 1.54) is 18.2 Å². The summed E-state index contributed by atoms with van der Waals surface area (Å²) >= 11 is 0. The quantitative estimate of drug-likeness (QED) is 0.740. The predicted octanol–water partition coefficient (Wildman–Crippen LogP) is 2.35. The average molecular weight is 184 g/mol. The van der Waals surface area contributed by atoms with Gasteiger partial charge in [-0.15, -0.1) is 0 Å². The third-order valence-electron chi connectivity index (χ3n) is 1.78. The normalized spacial score (nSPS) is 11.3. The maximum absolute atomic E-state index is 12.2. The Hall–Kier alpha value is -1.65. The fourth-order valence-corrected chi connectivity index (χ4v) is 1.11. The average Bonchev–Trinajstić information content (AvgIpc) is 2.47. The SMILES string of the molecule is Nc1onc2ccc(C(F)F)cc12. The molecule has 5 heteroatoms. The van der Waals surface area contributed by atoms with Crippen LogP contribution in [0.25, 0.3) is 10.9 Å². The van der Waals surface area contributed by atoms with E-state index in [1.807, 2.05) is 0 Å². The van der Waals surface area contributed by atoms with Crippen molar-refractivity contribution in [3.05, 3.63) is 23.8 Å². The smallest absolute Gasteiger partial charge is 0.263 e. The molecule has 0 fully saturated rings. The number of halogens is 2. The van der Waals surface area contributed by atoms with Crippen molar-refractivity contribution in [3.63, 3.8) is 0 Å². The number of benzene rings is 1. The molecular formula is C8H6F2N2O. The summed E-state index contributed by atoms with van der Waals surface area (Å²) in [7, 11) is 0. The van der Waals surface area contributed by atoms with Gasteiger partial charge >= 0.3 is 0 Å². The van der Waals surface area contributed by atoms with Crippen molar-refractivity contribution in [1.29, 1.82) is 0 Å². The van der Waals surface area contributed by atoms with Gasteiger partial charge in [0.15, 0.2) is 0 Å². The van der Waals surface area contributed by atoms with Gasteiger partial charge in [-0.1, -0.05) is 11.2 Å². The van der Waals surface area contributed by atoms with Crippen molar-refractivity contribution in [3.8, 4) is 0 Å². The Morgan fingerprint density at radius 2 is 2.15 bits per heavy atom. The Balaban J connectivity index is 2.66. The highest BCUT2D eigenvalue weighted by Gasteiger charge is 2.10. The van der Waals surface area contributed by atoms with Gasteiger partial charge in [-0.2, -0.15) is 0 Å². The summed E-state index contributed by atoms with van der Waals surface area (Å²) in [5.74, 6) is 0.0671. The van der Waals surface area contributed by atoms with Gasteiger partial charge in [0, 0.05) is 5.56 Å². The maximum atomic E-state index is 12.2. The number of nitrogens with two attached hydrogens (primary N) is 1. The van der Waals surface area contributed by atoms with Crippen LogP contribution in [0.1, 0.15) is 12.0 Å². The first-order valence-electron chi connectivity index (χ1n) is 3.61. The van der Waals surface area contributed by atoms with Crippen LogP contribution in [0.3, 0.4) is 0 Å². The highest BCUT2D eigenvalue weighted by Crippen LogP contribution is 2.26. The number of hydrogen-bond donors (Lipinski definition) is 1. The monoisotopic (exact) mass is 184 g/mol. The minimum absolute atomic E-state index is 0.0671. The van der Waals surface area contributed by atoms with Crippen LogP contribution in [0.5, 0.6) is 0 Å². The number of hydrogen-bond acceptors (Lipinski definition) is 3. The van der Waals surface area contributed by atoms with E-state index in [2.05, 4.69) is 9.68 Å². The van der Waals surface area contributed by atoms with E-state index in [4.69, 9.17) is 5.73 Å². The molecule has 0 spiro atoms. The number of nitrogen functional groups attached to an aromatic ring is 1. The van der Waals surface area contributed by atoms with Gasteiger partial charge in [0.05, 0.1) is 5.39 Å². The second kappa shape index (κ2) is 2.69. The van der Waals surface area contributed by atoms with E-state index in [0.717, 1.165) is 0 Å². The van der Waals surface area contributed by atoms with Crippen molar-refractivity contribution < 1.29 is 13.3 Å². The highest BCUT2D eigenvalue weighted by molar-refractivity contribution is 5.87. The van der Waals surface area contributed by atoms with Gasteiger partial charge < -0.3 is 10.3 Å². The number of fused-ring (bicyclic) bond motifs is 1. The van der Waals surface area contributed by atoms with Crippen molar-refractivity contribution in [2.75, 3.05) is 5.73 Å². The Labute approximate surface area is 72.1 Å². The van der Waals surface area contributed by atoms with Gasteiger partial charge in [0.25, 0.3) is 6.43 Å². The molecule has 0 aliphatic carbocycles. The molecular weight excluding hydrogens is 178 g/mol. The lowest BCUT2D eigenvalue weighted by Gasteiger charge is -1.97. The van der Waals surface area contributed by atoms with Crippen LogP contribution in [0.15, 0.2) is 22.7 Å². The van der Waals surface area contributed by atoms with Crippen LogP contribution in [0.4, 0.5) is 14.7 Å². The zero-order valence-electron chi connectivity index (χ0n) is 6.50. The fraction of sp³-hybridized carbons (Fsp3) is 0.125. The van der Waals surface area contributed by atoms with Crippen molar-refractivity contribution >= 4 is 16.8 Å². The minimum atomic E-state index is -2.50. The first-order chi connectivity index (χ1) is 6.18. The van der Waals surface area contributed by atoms with E-state index < -0.39 is 6.43 Å². The molecule has 0 radical (unpaired) electrons. The van der Waals surface area contributed by atoms with E-state index >= 15 is 0 Å². The maximum Gasteiger partial charge on any atom is 0.263 e. The molecule has 0 saturated heterocycles. The number of anilines is 1. The van der Waals surface area contributed by atoms with Crippen LogP contribution in [-0.2, 0) is 0 Å². The fourth-order valence-electron chi connectivity index (χ4n) is 1.11. The van der Waals surface area contributed by atoms with Gasteiger partial charge in [-0.05, 0) is 12.1 Å². The Morgan fingerprint density at radius 1 is 1.38 bits per heavy atom. The summed E-state index contributed by atoms with van der Waals surface area (Å²) in [6, 6.07) is 4.04. The van der Waals surface area contributed by atoms with E-state index in [9.17, 15) is 8.78 Å². The topological polar surface area (TPSA) is 52.0 Å². The summed E-state index contributed by atoms with van der Waals surface area (Å²) in [4.78, 5) is 0. The van der Waals surface area contributed by atoms with E-state index in [-0.39, 0.29) is 11.4 Å². The molecule has 0 atom stereocenters. The number of alkyl halides is 2. The van der Waals surface area contributed by atoms with Crippen molar-refractivity contribution in [2.45, 2.75) is 6.43 Å². The predicted molar refractivity (Wildman–Crippen MR) is 43.4 cm³/mol. The second-order valence-corrected chi connectivity index (χ2v) is 2.62. The number of aromatic nitrogens is 1. The molecule has 13 heavy (non-hydrogen) atoms.